The Morgan fingerprint density at radius 3 is 2.14 bits per heavy atom. The number of para-hydroxylation sites is 1. The van der Waals surface area contributed by atoms with Crippen molar-refractivity contribution < 1.29 is 14.7 Å². The summed E-state index contributed by atoms with van der Waals surface area (Å²) in [5.41, 5.74) is 7.33. The van der Waals surface area contributed by atoms with Gasteiger partial charge in [-0.15, -0.1) is 0 Å². The second kappa shape index (κ2) is 7.48. The number of benzene rings is 4. The van der Waals surface area contributed by atoms with E-state index in [9.17, 15) is 14.7 Å². The number of nitrogen functional groups attached to an aromatic ring is 1. The van der Waals surface area contributed by atoms with Crippen LogP contribution in [-0.2, 0) is 0 Å². The molecule has 0 unspecified atom stereocenters. The van der Waals surface area contributed by atoms with Crippen LogP contribution >= 0.6 is 0 Å². The number of fused-ring (bicyclic) bond motifs is 1. The highest BCUT2D eigenvalue weighted by molar-refractivity contribution is 6.19. The maximum absolute atomic E-state index is 13.1. The van der Waals surface area contributed by atoms with E-state index in [1.54, 1.807) is 42.5 Å². The summed E-state index contributed by atoms with van der Waals surface area (Å²) in [5.74, 6) is -1.21. The molecule has 0 spiro atoms. The minimum absolute atomic E-state index is 0.0212. The van der Waals surface area contributed by atoms with Gasteiger partial charge in [-0.3, -0.25) is 9.59 Å². The van der Waals surface area contributed by atoms with Crippen LogP contribution in [0.25, 0.3) is 10.8 Å². The summed E-state index contributed by atoms with van der Waals surface area (Å²) in [6.45, 7) is 0. The van der Waals surface area contributed by atoms with Crippen LogP contribution in [0.2, 0.25) is 0 Å². The van der Waals surface area contributed by atoms with Crippen molar-refractivity contribution in [1.29, 1.82) is 0 Å². The number of ketones is 1. The summed E-state index contributed by atoms with van der Waals surface area (Å²) in [6, 6.07) is 24.2. The lowest BCUT2D eigenvalue weighted by Crippen LogP contribution is -2.13. The van der Waals surface area contributed by atoms with E-state index >= 15 is 0 Å². The first-order valence-electron chi connectivity index (χ1n) is 9.06. The Balaban J connectivity index is 1.69. The molecule has 142 valence electrons. The van der Waals surface area contributed by atoms with Crippen LogP contribution in [0.3, 0.4) is 0 Å². The van der Waals surface area contributed by atoms with Gasteiger partial charge in [0.1, 0.15) is 5.75 Å². The fourth-order valence-corrected chi connectivity index (χ4v) is 3.24. The van der Waals surface area contributed by atoms with E-state index in [1.165, 1.54) is 12.1 Å². The molecule has 0 bridgehead atoms. The summed E-state index contributed by atoms with van der Waals surface area (Å²) in [6.07, 6.45) is 0. The van der Waals surface area contributed by atoms with Gasteiger partial charge in [0.15, 0.2) is 5.78 Å². The standard InChI is InChI=1S/C24H18N2O3/c25-16-11-13-17(14-12-16)26-24(29)21-10-4-9-20(23(21)28)22(27)19-8-3-6-15-5-1-2-7-18(15)19/h1-14,28H,25H2,(H,26,29). The van der Waals surface area contributed by atoms with Gasteiger partial charge in [0.2, 0.25) is 0 Å². The van der Waals surface area contributed by atoms with Crippen LogP contribution in [0.4, 0.5) is 11.4 Å². The summed E-state index contributed by atoms with van der Waals surface area (Å²) < 4.78 is 0. The maximum atomic E-state index is 13.1. The van der Waals surface area contributed by atoms with Gasteiger partial charge in [-0.2, -0.15) is 0 Å². The van der Waals surface area contributed by atoms with Crippen LogP contribution in [0.15, 0.2) is 84.9 Å². The molecule has 0 atom stereocenters. The van der Waals surface area contributed by atoms with E-state index < -0.39 is 5.91 Å². The molecule has 4 rings (SSSR count). The monoisotopic (exact) mass is 382 g/mol. The number of hydrogen-bond donors (Lipinski definition) is 3. The fourth-order valence-electron chi connectivity index (χ4n) is 3.24. The van der Waals surface area contributed by atoms with Crippen molar-refractivity contribution in [3.8, 4) is 5.75 Å². The summed E-state index contributed by atoms with van der Waals surface area (Å²) in [7, 11) is 0. The van der Waals surface area contributed by atoms with Crippen LogP contribution in [0.1, 0.15) is 26.3 Å². The molecule has 4 N–H and O–H groups in total. The minimum atomic E-state index is -0.514. The van der Waals surface area contributed by atoms with Gasteiger partial charge in [-0.25, -0.2) is 0 Å². The Morgan fingerprint density at radius 2 is 1.34 bits per heavy atom. The highest BCUT2D eigenvalue weighted by Gasteiger charge is 2.21. The lowest BCUT2D eigenvalue weighted by atomic mass is 9.95. The molecule has 0 aliphatic carbocycles. The van der Waals surface area contributed by atoms with E-state index in [0.717, 1.165) is 10.8 Å². The van der Waals surface area contributed by atoms with Gasteiger partial charge in [0.05, 0.1) is 11.1 Å². The smallest absolute Gasteiger partial charge is 0.259 e. The van der Waals surface area contributed by atoms with Crippen LogP contribution in [0.5, 0.6) is 5.75 Å². The summed E-state index contributed by atoms with van der Waals surface area (Å²) in [5, 5.41) is 15.1. The molecule has 0 radical (unpaired) electrons. The Labute approximate surface area is 167 Å². The molecule has 5 nitrogen and oxygen atoms in total. The predicted molar refractivity (Wildman–Crippen MR) is 114 cm³/mol. The molecule has 0 aliphatic heterocycles. The largest absolute Gasteiger partial charge is 0.506 e. The van der Waals surface area contributed by atoms with E-state index in [1.807, 2.05) is 30.3 Å². The Bertz CT molecular complexity index is 1230. The number of aromatic hydroxyl groups is 1. The van der Waals surface area contributed by atoms with Gasteiger partial charge >= 0.3 is 0 Å². The molecule has 0 saturated heterocycles. The van der Waals surface area contributed by atoms with Crippen molar-refractivity contribution >= 4 is 33.8 Å². The first-order chi connectivity index (χ1) is 14.0. The molecular formula is C24H18N2O3. The molecule has 0 aliphatic rings. The Hall–Kier alpha value is -4.12. The third-order valence-corrected chi connectivity index (χ3v) is 4.73. The van der Waals surface area contributed by atoms with E-state index in [2.05, 4.69) is 5.32 Å². The summed E-state index contributed by atoms with van der Waals surface area (Å²) in [4.78, 5) is 25.8. The minimum Gasteiger partial charge on any atom is -0.506 e. The van der Waals surface area contributed by atoms with Crippen LogP contribution in [0, 0.1) is 0 Å². The van der Waals surface area contributed by atoms with Gasteiger partial charge in [-0.1, -0.05) is 48.5 Å². The molecule has 0 heterocycles. The SMILES string of the molecule is Nc1ccc(NC(=O)c2cccc(C(=O)c3cccc4ccccc34)c2O)cc1. The molecule has 29 heavy (non-hydrogen) atoms. The predicted octanol–water partition coefficient (Wildman–Crippen LogP) is 4.61. The summed E-state index contributed by atoms with van der Waals surface area (Å²) >= 11 is 0. The molecule has 0 aromatic heterocycles. The number of nitrogens with one attached hydrogen (secondary N) is 1. The zero-order valence-corrected chi connectivity index (χ0v) is 15.4. The van der Waals surface area contributed by atoms with Gasteiger partial charge in [0, 0.05) is 16.9 Å². The molecule has 4 aromatic carbocycles. The molecular weight excluding hydrogens is 364 g/mol. The number of amides is 1. The fraction of sp³-hybridized carbons (Fsp3) is 0. The number of nitrogens with two attached hydrogens (primary N) is 1. The third-order valence-electron chi connectivity index (χ3n) is 4.73. The highest BCUT2D eigenvalue weighted by Crippen LogP contribution is 2.28. The van der Waals surface area contributed by atoms with Crippen molar-refractivity contribution in [2.45, 2.75) is 0 Å². The second-order valence-corrected chi connectivity index (χ2v) is 6.63. The topological polar surface area (TPSA) is 92.4 Å². The van der Waals surface area contributed by atoms with E-state index in [4.69, 9.17) is 5.73 Å². The molecule has 5 heteroatoms. The number of hydrogen-bond acceptors (Lipinski definition) is 4. The number of rotatable bonds is 4. The molecule has 4 aromatic rings. The lowest BCUT2D eigenvalue weighted by Gasteiger charge is -2.11. The van der Waals surface area contributed by atoms with Crippen molar-refractivity contribution in [2.24, 2.45) is 0 Å². The maximum Gasteiger partial charge on any atom is 0.259 e. The van der Waals surface area contributed by atoms with Gasteiger partial charge in [-0.05, 0) is 47.2 Å². The van der Waals surface area contributed by atoms with Crippen molar-refractivity contribution in [1.82, 2.24) is 0 Å². The van der Waals surface area contributed by atoms with Gasteiger partial charge in [0.25, 0.3) is 5.91 Å². The van der Waals surface area contributed by atoms with E-state index in [0.29, 0.717) is 16.9 Å². The van der Waals surface area contributed by atoms with Crippen molar-refractivity contribution in [3.05, 3.63) is 102 Å². The number of anilines is 2. The van der Waals surface area contributed by atoms with Crippen molar-refractivity contribution in [3.63, 3.8) is 0 Å². The average Bonchev–Trinajstić information content (AvgIpc) is 2.74. The molecule has 1 amide bonds. The molecule has 0 fully saturated rings. The first-order valence-corrected chi connectivity index (χ1v) is 9.06. The normalized spacial score (nSPS) is 10.6. The number of phenolic OH excluding ortho intramolecular Hbond substituents is 1. The zero-order valence-electron chi connectivity index (χ0n) is 15.4. The number of carbonyl (C=O) groups is 2. The van der Waals surface area contributed by atoms with Gasteiger partial charge < -0.3 is 16.2 Å². The average molecular weight is 382 g/mol. The molecule has 0 saturated carbocycles. The third kappa shape index (κ3) is 3.53. The Kier molecular flexibility index (Phi) is 4.71. The number of phenols is 1. The first kappa shape index (κ1) is 18.3. The van der Waals surface area contributed by atoms with Crippen molar-refractivity contribution in [2.75, 3.05) is 11.1 Å². The van der Waals surface area contributed by atoms with E-state index in [-0.39, 0.29) is 22.7 Å². The Morgan fingerprint density at radius 1 is 0.724 bits per heavy atom. The number of carbonyl (C=O) groups excluding carboxylic acids is 2. The zero-order chi connectivity index (χ0) is 20.4. The second-order valence-electron chi connectivity index (χ2n) is 6.63. The van der Waals surface area contributed by atoms with Crippen LogP contribution in [-0.4, -0.2) is 16.8 Å². The highest BCUT2D eigenvalue weighted by atomic mass is 16.3. The van der Waals surface area contributed by atoms with Crippen LogP contribution < -0.4 is 11.1 Å². The lowest BCUT2D eigenvalue weighted by molar-refractivity contribution is 0.102. The quantitative estimate of drug-likeness (QED) is 0.355.